The lowest BCUT2D eigenvalue weighted by Crippen LogP contribution is -2.30. The van der Waals surface area contributed by atoms with Gasteiger partial charge in [-0.2, -0.15) is 0 Å². The zero-order valence-electron chi connectivity index (χ0n) is 5.80. The van der Waals surface area contributed by atoms with Gasteiger partial charge in [0.2, 0.25) is 0 Å². The Balaban J connectivity index is 2.52. The molecule has 0 spiro atoms. The molecule has 0 bridgehead atoms. The summed E-state index contributed by atoms with van der Waals surface area (Å²) in [5.41, 5.74) is 0. The molecule has 1 N–H and O–H groups in total. The van der Waals surface area contributed by atoms with E-state index in [1.54, 1.807) is 0 Å². The summed E-state index contributed by atoms with van der Waals surface area (Å²) in [4.78, 5) is 0. The summed E-state index contributed by atoms with van der Waals surface area (Å²) in [7, 11) is 0. The molecule has 0 amide bonds. The topological polar surface area (TPSA) is 12.0 Å². The molecule has 0 saturated heterocycles. The minimum Gasteiger partial charge on any atom is -0.365 e. The Labute approximate surface area is 74.1 Å². The molecule has 0 saturated carbocycles. The first-order valence-corrected chi connectivity index (χ1v) is 4.99. The SMILES string of the molecule is CCSC1(Br)C=CC=CN1. The molecular formula is C7H10BrNS. The van der Waals surface area contributed by atoms with Crippen molar-refractivity contribution in [1.82, 2.24) is 5.32 Å². The number of hydrogen-bond donors (Lipinski definition) is 1. The van der Waals surface area contributed by atoms with Crippen molar-refractivity contribution in [1.29, 1.82) is 0 Å². The molecule has 1 rings (SSSR count). The standard InChI is InChI=1S/C7H10BrNS/c1-2-10-7(8)5-3-4-6-9-7/h3-6,9H,2H2,1H3. The largest absolute Gasteiger partial charge is 0.365 e. The summed E-state index contributed by atoms with van der Waals surface area (Å²) in [6.45, 7) is 2.14. The van der Waals surface area contributed by atoms with E-state index in [4.69, 9.17) is 0 Å². The molecule has 1 unspecified atom stereocenters. The number of halogens is 1. The smallest absolute Gasteiger partial charge is 0.158 e. The average Bonchev–Trinajstić information content (AvgIpc) is 1.89. The van der Waals surface area contributed by atoms with E-state index in [0.717, 1.165) is 5.75 Å². The maximum Gasteiger partial charge on any atom is 0.158 e. The Morgan fingerprint density at radius 3 is 2.90 bits per heavy atom. The molecule has 0 fully saturated rings. The fourth-order valence-corrected chi connectivity index (χ4v) is 2.46. The number of dihydropyridines is 1. The third-order valence-electron chi connectivity index (χ3n) is 1.15. The van der Waals surface area contributed by atoms with E-state index in [1.165, 1.54) is 0 Å². The van der Waals surface area contributed by atoms with Crippen molar-refractivity contribution in [2.24, 2.45) is 0 Å². The second kappa shape index (κ2) is 3.49. The van der Waals surface area contributed by atoms with Crippen molar-refractivity contribution >= 4 is 27.7 Å². The molecule has 0 aromatic carbocycles. The number of hydrogen-bond acceptors (Lipinski definition) is 2. The molecule has 10 heavy (non-hydrogen) atoms. The molecular weight excluding hydrogens is 210 g/mol. The van der Waals surface area contributed by atoms with Gasteiger partial charge in [0, 0.05) is 0 Å². The first-order chi connectivity index (χ1) is 4.77. The van der Waals surface area contributed by atoms with Crippen LogP contribution in [0.4, 0.5) is 0 Å². The lowest BCUT2D eigenvalue weighted by molar-refractivity contribution is 0.870. The van der Waals surface area contributed by atoms with Gasteiger partial charge in [0.15, 0.2) is 3.78 Å². The number of nitrogens with one attached hydrogen (secondary N) is 1. The predicted molar refractivity (Wildman–Crippen MR) is 51.2 cm³/mol. The number of thioether (sulfide) groups is 1. The quantitative estimate of drug-likeness (QED) is 0.566. The van der Waals surface area contributed by atoms with Gasteiger partial charge in [-0.25, -0.2) is 0 Å². The van der Waals surface area contributed by atoms with Gasteiger partial charge in [0.25, 0.3) is 0 Å². The van der Waals surface area contributed by atoms with Crippen molar-refractivity contribution in [3.05, 3.63) is 24.4 Å². The molecule has 56 valence electrons. The molecule has 3 heteroatoms. The number of allylic oxidation sites excluding steroid dienone is 2. The molecule has 0 aromatic rings. The van der Waals surface area contributed by atoms with Crippen molar-refractivity contribution < 1.29 is 0 Å². The van der Waals surface area contributed by atoms with Crippen LogP contribution in [0.15, 0.2) is 24.4 Å². The Hall–Kier alpha value is 0.110. The Morgan fingerprint density at radius 2 is 2.40 bits per heavy atom. The van der Waals surface area contributed by atoms with E-state index in [9.17, 15) is 0 Å². The zero-order chi connectivity index (χ0) is 7.45. The van der Waals surface area contributed by atoms with Gasteiger partial charge < -0.3 is 5.32 Å². The second-order valence-corrected chi connectivity index (χ2v) is 5.23. The van der Waals surface area contributed by atoms with E-state index >= 15 is 0 Å². The van der Waals surface area contributed by atoms with Crippen molar-refractivity contribution in [2.75, 3.05) is 5.75 Å². The minimum atomic E-state index is -0.0590. The molecule has 1 nitrogen and oxygen atoms in total. The number of rotatable bonds is 2. The summed E-state index contributed by atoms with van der Waals surface area (Å²) in [5.74, 6) is 1.09. The van der Waals surface area contributed by atoms with Crippen LogP contribution in [0.3, 0.4) is 0 Å². The van der Waals surface area contributed by atoms with Crippen LogP contribution in [0.25, 0.3) is 0 Å². The highest BCUT2D eigenvalue weighted by atomic mass is 79.9. The van der Waals surface area contributed by atoms with E-state index in [-0.39, 0.29) is 3.78 Å². The summed E-state index contributed by atoms with van der Waals surface area (Å²) >= 11 is 5.39. The van der Waals surface area contributed by atoms with Gasteiger partial charge in [0.05, 0.1) is 0 Å². The second-order valence-electron chi connectivity index (χ2n) is 1.94. The van der Waals surface area contributed by atoms with Crippen LogP contribution in [0.1, 0.15) is 6.92 Å². The highest BCUT2D eigenvalue weighted by Gasteiger charge is 2.21. The Kier molecular flexibility index (Phi) is 2.86. The Bertz CT molecular complexity index is 167. The van der Waals surface area contributed by atoms with Gasteiger partial charge in [-0.05, 0) is 40.0 Å². The van der Waals surface area contributed by atoms with Crippen molar-refractivity contribution in [3.8, 4) is 0 Å². The first-order valence-electron chi connectivity index (χ1n) is 3.22. The molecule has 0 radical (unpaired) electrons. The van der Waals surface area contributed by atoms with Crippen LogP contribution in [0.5, 0.6) is 0 Å². The molecule has 0 aromatic heterocycles. The van der Waals surface area contributed by atoms with Crippen LogP contribution in [-0.4, -0.2) is 9.53 Å². The van der Waals surface area contributed by atoms with E-state index in [0.29, 0.717) is 0 Å². The van der Waals surface area contributed by atoms with Gasteiger partial charge in [-0.1, -0.05) is 13.0 Å². The molecule has 1 aliphatic heterocycles. The highest BCUT2D eigenvalue weighted by Crippen LogP contribution is 2.31. The molecule has 0 aliphatic carbocycles. The highest BCUT2D eigenvalue weighted by molar-refractivity contribution is 9.12. The zero-order valence-corrected chi connectivity index (χ0v) is 8.21. The van der Waals surface area contributed by atoms with Gasteiger partial charge in [-0.3, -0.25) is 0 Å². The van der Waals surface area contributed by atoms with Crippen LogP contribution in [0.2, 0.25) is 0 Å². The monoisotopic (exact) mass is 219 g/mol. The molecule has 1 heterocycles. The molecule has 1 atom stereocenters. The summed E-state index contributed by atoms with van der Waals surface area (Å²) in [6.07, 6.45) is 8.06. The normalized spacial score (nSPS) is 30.2. The van der Waals surface area contributed by atoms with Gasteiger partial charge in [0.1, 0.15) is 0 Å². The maximum atomic E-state index is 3.57. The first kappa shape index (κ1) is 8.21. The molecule has 1 aliphatic rings. The third-order valence-corrected chi connectivity index (χ3v) is 3.30. The van der Waals surface area contributed by atoms with Crippen LogP contribution in [0, 0.1) is 0 Å². The van der Waals surface area contributed by atoms with E-state index in [2.05, 4.69) is 34.2 Å². The van der Waals surface area contributed by atoms with Crippen LogP contribution < -0.4 is 5.32 Å². The van der Waals surface area contributed by atoms with Crippen LogP contribution >= 0.6 is 27.7 Å². The minimum absolute atomic E-state index is 0.0590. The third kappa shape index (κ3) is 2.06. The van der Waals surface area contributed by atoms with E-state index < -0.39 is 0 Å². The van der Waals surface area contributed by atoms with Gasteiger partial charge in [-0.15, -0.1) is 11.8 Å². The predicted octanol–water partition coefficient (Wildman–Crippen LogP) is 2.46. The lowest BCUT2D eigenvalue weighted by Gasteiger charge is -2.24. The van der Waals surface area contributed by atoms with E-state index in [1.807, 2.05) is 30.1 Å². The fraction of sp³-hybridized carbons (Fsp3) is 0.429. The summed E-state index contributed by atoms with van der Waals surface area (Å²) in [6, 6.07) is 0. The lowest BCUT2D eigenvalue weighted by atomic mass is 10.4. The maximum absolute atomic E-state index is 3.57. The van der Waals surface area contributed by atoms with Gasteiger partial charge >= 0.3 is 0 Å². The van der Waals surface area contributed by atoms with Crippen molar-refractivity contribution in [3.63, 3.8) is 0 Å². The Morgan fingerprint density at radius 1 is 1.60 bits per heavy atom. The van der Waals surface area contributed by atoms with Crippen molar-refractivity contribution in [2.45, 2.75) is 10.7 Å². The summed E-state index contributed by atoms with van der Waals surface area (Å²) < 4.78 is -0.0590. The summed E-state index contributed by atoms with van der Waals surface area (Å²) in [5, 5.41) is 3.21. The fourth-order valence-electron chi connectivity index (χ4n) is 0.745. The van der Waals surface area contributed by atoms with Crippen LogP contribution in [-0.2, 0) is 0 Å². The average molecular weight is 220 g/mol. The number of alkyl halides is 1.